The number of fused-ring (bicyclic) bond motifs is 1. The van der Waals surface area contributed by atoms with Crippen LogP contribution in [0, 0.1) is 12.8 Å². The quantitative estimate of drug-likeness (QED) is 0.909. The van der Waals surface area contributed by atoms with E-state index in [0.29, 0.717) is 0 Å². The van der Waals surface area contributed by atoms with Gasteiger partial charge in [0.2, 0.25) is 5.91 Å². The highest BCUT2D eigenvalue weighted by molar-refractivity contribution is 5.85. The van der Waals surface area contributed by atoms with Gasteiger partial charge in [-0.1, -0.05) is 18.2 Å². The third-order valence-electron chi connectivity index (χ3n) is 4.48. The van der Waals surface area contributed by atoms with Gasteiger partial charge in [0.15, 0.2) is 0 Å². The van der Waals surface area contributed by atoms with Crippen LogP contribution in [0.4, 0.5) is 0 Å². The Labute approximate surface area is 136 Å². The van der Waals surface area contributed by atoms with E-state index >= 15 is 0 Å². The molecule has 1 fully saturated rings. The molecule has 1 aromatic carbocycles. The average molecular weight is 323 g/mol. The van der Waals surface area contributed by atoms with Crippen molar-refractivity contribution in [3.8, 4) is 0 Å². The smallest absolute Gasteiger partial charge is 0.223 e. The van der Waals surface area contributed by atoms with E-state index in [2.05, 4.69) is 5.32 Å². The van der Waals surface area contributed by atoms with E-state index < -0.39 is 0 Å². The third kappa shape index (κ3) is 3.13. The first-order chi connectivity index (χ1) is 10.1. The molecule has 0 bridgehead atoms. The van der Waals surface area contributed by atoms with E-state index in [9.17, 15) is 4.79 Å². The molecule has 4 nitrogen and oxygen atoms in total. The normalized spacial score (nSPS) is 22.3. The zero-order valence-corrected chi connectivity index (χ0v) is 13.8. The second kappa shape index (κ2) is 6.71. The number of furan rings is 1. The number of benzene rings is 1. The zero-order valence-electron chi connectivity index (χ0n) is 13.0. The lowest BCUT2D eigenvalue weighted by molar-refractivity contribution is -0.125. The van der Waals surface area contributed by atoms with Crippen molar-refractivity contribution in [3.63, 3.8) is 0 Å². The van der Waals surface area contributed by atoms with E-state index in [1.807, 2.05) is 38.1 Å². The van der Waals surface area contributed by atoms with Crippen molar-refractivity contribution in [1.29, 1.82) is 0 Å². The fourth-order valence-corrected chi connectivity index (χ4v) is 3.26. The molecule has 1 aliphatic carbocycles. The Bertz CT molecular complexity index is 668. The summed E-state index contributed by atoms with van der Waals surface area (Å²) in [4.78, 5) is 12.3. The lowest BCUT2D eigenvalue weighted by Gasteiger charge is -2.16. The molecule has 1 amide bonds. The summed E-state index contributed by atoms with van der Waals surface area (Å²) in [6.07, 6.45) is 2.62. The average Bonchev–Trinajstić information content (AvgIpc) is 3.04. The van der Waals surface area contributed by atoms with Gasteiger partial charge in [-0.2, -0.15) is 0 Å². The molecule has 5 heteroatoms. The van der Waals surface area contributed by atoms with Crippen molar-refractivity contribution in [2.24, 2.45) is 11.7 Å². The Morgan fingerprint density at radius 3 is 2.73 bits per heavy atom. The maximum absolute atomic E-state index is 12.3. The molecule has 3 atom stereocenters. The largest absolute Gasteiger partial charge is 0.459 e. The predicted molar refractivity (Wildman–Crippen MR) is 90.1 cm³/mol. The van der Waals surface area contributed by atoms with Crippen LogP contribution in [0.5, 0.6) is 0 Å². The molecule has 0 radical (unpaired) electrons. The monoisotopic (exact) mass is 322 g/mol. The molecule has 3 unspecified atom stereocenters. The molecule has 22 heavy (non-hydrogen) atoms. The summed E-state index contributed by atoms with van der Waals surface area (Å²) in [5.41, 5.74) is 7.85. The molecule has 0 saturated heterocycles. The van der Waals surface area contributed by atoms with Crippen LogP contribution in [0.1, 0.15) is 43.6 Å². The summed E-state index contributed by atoms with van der Waals surface area (Å²) in [7, 11) is 0. The van der Waals surface area contributed by atoms with Gasteiger partial charge in [-0.3, -0.25) is 4.79 Å². The maximum atomic E-state index is 12.3. The van der Waals surface area contributed by atoms with Crippen molar-refractivity contribution < 1.29 is 9.21 Å². The number of para-hydroxylation sites is 1. The molecule has 3 N–H and O–H groups in total. The maximum Gasteiger partial charge on any atom is 0.223 e. The minimum Gasteiger partial charge on any atom is -0.459 e. The second-order valence-electron chi connectivity index (χ2n) is 6.09. The van der Waals surface area contributed by atoms with Gasteiger partial charge in [0.1, 0.15) is 11.3 Å². The SMILES string of the molecule is Cc1c(C(C)NC(=O)C2CCC(N)C2)oc2ccccc12.Cl. The number of rotatable bonds is 3. The molecule has 0 aliphatic heterocycles. The summed E-state index contributed by atoms with van der Waals surface area (Å²) in [5.74, 6) is 0.981. The summed E-state index contributed by atoms with van der Waals surface area (Å²) in [6, 6.07) is 8.00. The topological polar surface area (TPSA) is 68.3 Å². The van der Waals surface area contributed by atoms with Gasteiger partial charge in [-0.15, -0.1) is 12.4 Å². The van der Waals surface area contributed by atoms with Gasteiger partial charge < -0.3 is 15.5 Å². The van der Waals surface area contributed by atoms with Crippen LogP contribution in [0.2, 0.25) is 0 Å². The predicted octanol–water partition coefficient (Wildman–Crippen LogP) is 3.47. The number of nitrogens with one attached hydrogen (secondary N) is 1. The summed E-state index contributed by atoms with van der Waals surface area (Å²) in [5, 5.41) is 4.18. The fraction of sp³-hybridized carbons (Fsp3) is 0.471. The highest BCUT2D eigenvalue weighted by Crippen LogP contribution is 2.30. The number of halogens is 1. The highest BCUT2D eigenvalue weighted by Gasteiger charge is 2.29. The van der Waals surface area contributed by atoms with E-state index in [1.54, 1.807) is 0 Å². The van der Waals surface area contributed by atoms with Gasteiger partial charge in [0.25, 0.3) is 0 Å². The molecular formula is C17H23ClN2O2. The Morgan fingerprint density at radius 2 is 2.09 bits per heavy atom. The van der Waals surface area contributed by atoms with Crippen molar-refractivity contribution in [2.75, 3.05) is 0 Å². The zero-order chi connectivity index (χ0) is 15.0. The summed E-state index contributed by atoms with van der Waals surface area (Å²) in [6.45, 7) is 4.01. The summed E-state index contributed by atoms with van der Waals surface area (Å²) >= 11 is 0. The van der Waals surface area contributed by atoms with Gasteiger partial charge in [-0.25, -0.2) is 0 Å². The Kier molecular flexibility index (Phi) is 5.14. The van der Waals surface area contributed by atoms with E-state index in [-0.39, 0.29) is 36.3 Å². The van der Waals surface area contributed by atoms with Gasteiger partial charge in [0, 0.05) is 22.9 Å². The number of aryl methyl sites for hydroxylation is 1. The second-order valence-corrected chi connectivity index (χ2v) is 6.09. The fourth-order valence-electron chi connectivity index (χ4n) is 3.26. The van der Waals surface area contributed by atoms with Crippen molar-refractivity contribution >= 4 is 29.3 Å². The molecule has 1 saturated carbocycles. The number of carbonyl (C=O) groups is 1. The number of hydrogen-bond acceptors (Lipinski definition) is 3. The van der Waals surface area contributed by atoms with Crippen LogP contribution in [0.25, 0.3) is 11.0 Å². The number of hydrogen-bond donors (Lipinski definition) is 2. The van der Waals surface area contributed by atoms with Crippen molar-refractivity contribution in [1.82, 2.24) is 5.32 Å². The van der Waals surface area contributed by atoms with Gasteiger partial charge in [0.05, 0.1) is 6.04 Å². The first-order valence-corrected chi connectivity index (χ1v) is 7.60. The molecule has 3 rings (SSSR count). The third-order valence-corrected chi connectivity index (χ3v) is 4.48. The molecule has 2 aromatic rings. The number of carbonyl (C=O) groups excluding carboxylic acids is 1. The van der Waals surface area contributed by atoms with Crippen LogP contribution in [-0.4, -0.2) is 11.9 Å². The molecular weight excluding hydrogens is 300 g/mol. The highest BCUT2D eigenvalue weighted by atomic mass is 35.5. The number of nitrogens with two attached hydrogens (primary N) is 1. The minimum atomic E-state index is -0.123. The molecule has 1 heterocycles. The van der Waals surface area contributed by atoms with Crippen LogP contribution in [-0.2, 0) is 4.79 Å². The first-order valence-electron chi connectivity index (χ1n) is 7.60. The standard InChI is InChI=1S/C17H22N2O2.ClH/c1-10-14-5-3-4-6-15(14)21-16(10)11(2)19-17(20)12-7-8-13(18)9-12;/h3-6,11-13H,7-9,18H2,1-2H3,(H,19,20);1H. The molecule has 1 aromatic heterocycles. The Morgan fingerprint density at radius 1 is 1.36 bits per heavy atom. The minimum absolute atomic E-state index is 0. The van der Waals surface area contributed by atoms with Crippen LogP contribution < -0.4 is 11.1 Å². The van der Waals surface area contributed by atoms with Crippen LogP contribution in [0.15, 0.2) is 28.7 Å². The Balaban J connectivity index is 0.00000176. The van der Waals surface area contributed by atoms with Crippen LogP contribution >= 0.6 is 12.4 Å². The van der Waals surface area contributed by atoms with Gasteiger partial charge >= 0.3 is 0 Å². The van der Waals surface area contributed by atoms with Crippen LogP contribution in [0.3, 0.4) is 0 Å². The lowest BCUT2D eigenvalue weighted by Crippen LogP contribution is -2.32. The molecule has 1 aliphatic rings. The molecule has 0 spiro atoms. The van der Waals surface area contributed by atoms with E-state index in [4.69, 9.17) is 10.2 Å². The first kappa shape index (κ1) is 16.8. The van der Waals surface area contributed by atoms with E-state index in [1.165, 1.54) is 0 Å². The van der Waals surface area contributed by atoms with Crippen molar-refractivity contribution in [2.45, 2.75) is 45.2 Å². The van der Waals surface area contributed by atoms with Gasteiger partial charge in [-0.05, 0) is 39.2 Å². The summed E-state index contributed by atoms with van der Waals surface area (Å²) < 4.78 is 5.91. The van der Waals surface area contributed by atoms with Crippen molar-refractivity contribution in [3.05, 3.63) is 35.6 Å². The Hall–Kier alpha value is -1.52. The number of amides is 1. The van der Waals surface area contributed by atoms with E-state index in [0.717, 1.165) is 41.6 Å². The lowest BCUT2D eigenvalue weighted by atomic mass is 10.1. The molecule has 120 valence electrons.